The van der Waals surface area contributed by atoms with Crippen molar-refractivity contribution in [3.8, 4) is 0 Å². The number of carbonyl (C=O) groups excluding carboxylic acids is 1. The molecule has 0 aliphatic rings. The molecule has 3 nitrogen and oxygen atoms in total. The zero-order valence-electron chi connectivity index (χ0n) is 8.79. The summed E-state index contributed by atoms with van der Waals surface area (Å²) in [6, 6.07) is 2.97. The number of amides is 1. The van der Waals surface area contributed by atoms with Gasteiger partial charge in [-0.15, -0.1) is 0 Å². The number of hydrogen-bond acceptors (Lipinski definition) is 2. The summed E-state index contributed by atoms with van der Waals surface area (Å²) in [4.78, 5) is 14.9. The predicted molar refractivity (Wildman–Crippen MR) is 56.1 cm³/mol. The van der Waals surface area contributed by atoms with E-state index in [0.717, 1.165) is 19.3 Å². The van der Waals surface area contributed by atoms with Gasteiger partial charge in [0, 0.05) is 12.7 Å². The minimum Gasteiger partial charge on any atom is -0.352 e. The second-order valence-electron chi connectivity index (χ2n) is 3.30. The van der Waals surface area contributed by atoms with Crippen LogP contribution < -0.4 is 5.32 Å². The molecule has 0 bridgehead atoms. The van der Waals surface area contributed by atoms with E-state index in [-0.39, 0.29) is 5.56 Å². The molecule has 0 spiro atoms. The summed E-state index contributed by atoms with van der Waals surface area (Å²) in [5.74, 6) is -1.11. The Morgan fingerprint density at radius 1 is 1.53 bits per heavy atom. The van der Waals surface area contributed by atoms with Crippen molar-refractivity contribution in [3.05, 3.63) is 29.8 Å². The molecule has 1 rings (SSSR count). The lowest BCUT2D eigenvalue weighted by atomic mass is 10.2. The largest absolute Gasteiger partial charge is 0.352 e. The van der Waals surface area contributed by atoms with Gasteiger partial charge in [-0.05, 0) is 18.6 Å². The second kappa shape index (κ2) is 6.11. The van der Waals surface area contributed by atoms with Crippen LogP contribution in [0.25, 0.3) is 0 Å². The average Bonchev–Trinajstić information content (AvgIpc) is 2.25. The third kappa shape index (κ3) is 3.65. The first-order valence-electron chi connectivity index (χ1n) is 5.14. The van der Waals surface area contributed by atoms with E-state index in [9.17, 15) is 9.18 Å². The van der Waals surface area contributed by atoms with Crippen molar-refractivity contribution in [2.45, 2.75) is 26.2 Å². The van der Waals surface area contributed by atoms with Gasteiger partial charge in [-0.1, -0.05) is 19.8 Å². The molecule has 1 aromatic heterocycles. The van der Waals surface area contributed by atoms with Gasteiger partial charge in [0.1, 0.15) is 0 Å². The van der Waals surface area contributed by atoms with Gasteiger partial charge in [0.2, 0.25) is 5.95 Å². The van der Waals surface area contributed by atoms with Crippen LogP contribution in [0.5, 0.6) is 0 Å². The third-order valence-electron chi connectivity index (χ3n) is 2.07. The van der Waals surface area contributed by atoms with Crippen LogP contribution in [0, 0.1) is 5.95 Å². The quantitative estimate of drug-likeness (QED) is 0.597. The van der Waals surface area contributed by atoms with Crippen molar-refractivity contribution in [3.63, 3.8) is 0 Å². The minimum absolute atomic E-state index is 0.00833. The predicted octanol–water partition coefficient (Wildman–Crippen LogP) is 2.14. The summed E-state index contributed by atoms with van der Waals surface area (Å²) in [7, 11) is 0. The monoisotopic (exact) mass is 210 g/mol. The van der Waals surface area contributed by atoms with Crippen molar-refractivity contribution in [2.75, 3.05) is 6.54 Å². The standard InChI is InChI=1S/C11H15FN2O/c1-2-3-4-7-14-11(15)9-6-5-8-13-10(9)12/h5-6,8H,2-4,7H2,1H3,(H,14,15). The van der Waals surface area contributed by atoms with E-state index in [1.165, 1.54) is 12.3 Å². The molecular weight excluding hydrogens is 195 g/mol. The summed E-state index contributed by atoms with van der Waals surface area (Å²) in [6.45, 7) is 2.67. The Balaban J connectivity index is 2.44. The first-order chi connectivity index (χ1) is 7.25. The number of hydrogen-bond donors (Lipinski definition) is 1. The number of unbranched alkanes of at least 4 members (excludes halogenated alkanes) is 2. The molecule has 82 valence electrons. The molecule has 0 atom stereocenters. The highest BCUT2D eigenvalue weighted by Gasteiger charge is 2.10. The normalized spacial score (nSPS) is 10.0. The number of halogens is 1. The number of nitrogens with one attached hydrogen (secondary N) is 1. The average molecular weight is 210 g/mol. The van der Waals surface area contributed by atoms with Gasteiger partial charge in [0.25, 0.3) is 5.91 Å². The van der Waals surface area contributed by atoms with Crippen LogP contribution in [0.2, 0.25) is 0 Å². The molecule has 1 heterocycles. The first-order valence-corrected chi connectivity index (χ1v) is 5.14. The maximum atomic E-state index is 13.0. The van der Waals surface area contributed by atoms with Crippen LogP contribution in [-0.2, 0) is 0 Å². The van der Waals surface area contributed by atoms with Crippen LogP contribution >= 0.6 is 0 Å². The zero-order chi connectivity index (χ0) is 11.1. The fourth-order valence-corrected chi connectivity index (χ4v) is 1.23. The highest BCUT2D eigenvalue weighted by molar-refractivity contribution is 5.94. The Kier molecular flexibility index (Phi) is 4.74. The molecule has 0 radical (unpaired) electrons. The Morgan fingerprint density at radius 3 is 3.00 bits per heavy atom. The number of aromatic nitrogens is 1. The number of nitrogens with zero attached hydrogens (tertiary/aromatic N) is 1. The topological polar surface area (TPSA) is 42.0 Å². The third-order valence-corrected chi connectivity index (χ3v) is 2.07. The lowest BCUT2D eigenvalue weighted by Gasteiger charge is -2.04. The highest BCUT2D eigenvalue weighted by atomic mass is 19.1. The van der Waals surface area contributed by atoms with Gasteiger partial charge in [-0.3, -0.25) is 4.79 Å². The van der Waals surface area contributed by atoms with Crippen molar-refractivity contribution in [1.29, 1.82) is 0 Å². The van der Waals surface area contributed by atoms with E-state index in [1.54, 1.807) is 6.07 Å². The van der Waals surface area contributed by atoms with Crippen LogP contribution in [0.1, 0.15) is 36.5 Å². The Labute approximate surface area is 88.7 Å². The van der Waals surface area contributed by atoms with Crippen LogP contribution in [0.4, 0.5) is 4.39 Å². The Hall–Kier alpha value is -1.45. The molecule has 4 heteroatoms. The molecule has 0 aliphatic heterocycles. The molecule has 0 aliphatic carbocycles. The molecule has 15 heavy (non-hydrogen) atoms. The van der Waals surface area contributed by atoms with Gasteiger partial charge in [0.15, 0.2) is 0 Å². The number of rotatable bonds is 5. The molecule has 0 aromatic carbocycles. The number of pyridine rings is 1. The van der Waals surface area contributed by atoms with E-state index >= 15 is 0 Å². The van der Waals surface area contributed by atoms with Gasteiger partial charge < -0.3 is 5.32 Å². The molecule has 1 N–H and O–H groups in total. The summed E-state index contributed by atoms with van der Waals surface area (Å²) < 4.78 is 13.0. The second-order valence-corrected chi connectivity index (χ2v) is 3.30. The summed E-state index contributed by atoms with van der Waals surface area (Å²) in [6.07, 6.45) is 4.40. The van der Waals surface area contributed by atoms with Gasteiger partial charge in [-0.2, -0.15) is 4.39 Å². The van der Waals surface area contributed by atoms with E-state index in [2.05, 4.69) is 17.2 Å². The van der Waals surface area contributed by atoms with E-state index in [0.29, 0.717) is 6.54 Å². The lowest BCUT2D eigenvalue weighted by molar-refractivity contribution is 0.0948. The van der Waals surface area contributed by atoms with E-state index < -0.39 is 11.9 Å². The maximum absolute atomic E-state index is 13.0. The number of carbonyl (C=O) groups is 1. The molecule has 0 saturated carbocycles. The molecule has 1 amide bonds. The van der Waals surface area contributed by atoms with Crippen molar-refractivity contribution in [1.82, 2.24) is 10.3 Å². The lowest BCUT2D eigenvalue weighted by Crippen LogP contribution is -2.25. The van der Waals surface area contributed by atoms with Crippen molar-refractivity contribution >= 4 is 5.91 Å². The van der Waals surface area contributed by atoms with E-state index in [4.69, 9.17) is 0 Å². The highest BCUT2D eigenvalue weighted by Crippen LogP contribution is 2.02. The minimum atomic E-state index is -0.717. The molecule has 0 saturated heterocycles. The van der Waals surface area contributed by atoms with Crippen LogP contribution in [0.15, 0.2) is 18.3 Å². The van der Waals surface area contributed by atoms with Crippen LogP contribution in [0.3, 0.4) is 0 Å². The summed E-state index contributed by atoms with van der Waals surface area (Å²) in [5, 5.41) is 2.66. The molecule has 1 aromatic rings. The smallest absolute Gasteiger partial charge is 0.255 e. The Morgan fingerprint density at radius 2 is 2.33 bits per heavy atom. The summed E-state index contributed by atoms with van der Waals surface area (Å²) >= 11 is 0. The van der Waals surface area contributed by atoms with Crippen molar-refractivity contribution < 1.29 is 9.18 Å². The van der Waals surface area contributed by atoms with Crippen LogP contribution in [-0.4, -0.2) is 17.4 Å². The zero-order valence-corrected chi connectivity index (χ0v) is 8.79. The van der Waals surface area contributed by atoms with Gasteiger partial charge >= 0.3 is 0 Å². The van der Waals surface area contributed by atoms with Gasteiger partial charge in [-0.25, -0.2) is 4.98 Å². The SMILES string of the molecule is CCCCCNC(=O)c1cccnc1F. The molecule has 0 fully saturated rings. The molecule has 0 unspecified atom stereocenters. The summed E-state index contributed by atoms with van der Waals surface area (Å²) in [5.41, 5.74) is 0.00833. The van der Waals surface area contributed by atoms with E-state index in [1.807, 2.05) is 0 Å². The fraction of sp³-hybridized carbons (Fsp3) is 0.455. The first kappa shape index (κ1) is 11.6. The fourth-order valence-electron chi connectivity index (χ4n) is 1.23. The van der Waals surface area contributed by atoms with Gasteiger partial charge in [0.05, 0.1) is 5.56 Å². The maximum Gasteiger partial charge on any atom is 0.255 e. The Bertz CT molecular complexity index is 328. The van der Waals surface area contributed by atoms with Crippen molar-refractivity contribution in [2.24, 2.45) is 0 Å². The molecular formula is C11H15FN2O.